The molecular weight excluding hydrogens is 756 g/mol. The van der Waals surface area contributed by atoms with Crippen molar-refractivity contribution in [1.82, 2.24) is 4.67 Å². The minimum absolute atomic E-state index is 0.116. The maximum Gasteiger partial charge on any atom is 0.259 e. The Bertz CT molecular complexity index is 2380. The quantitative estimate of drug-likeness (QED) is 0.0326. The molecule has 1 unspecified atom stereocenters. The van der Waals surface area contributed by atoms with Crippen LogP contribution in [0.5, 0.6) is 11.5 Å². The zero-order chi connectivity index (χ0) is 41.4. The molecule has 0 bridgehead atoms. The predicted octanol–water partition coefficient (Wildman–Crippen LogP) is 11.8. The third kappa shape index (κ3) is 9.07. The van der Waals surface area contributed by atoms with E-state index in [1.165, 1.54) is 32.3 Å². The number of hydrogen-bond acceptors (Lipinski definition) is 8. The standard InChI is InChI=1S/C50H53N2O6P/c1-35(2)52(36(3)4)59(57-31-11-30-51)58-46(33-55-32-40-19-18-39-17-16-37-12-10-13-38-20-29-47(40)49(39)48(37)38)34-56-50(41-14-8-7-9-15-41,42-21-25-44(53-5)26-22-42)43-23-27-45(54-6)28-24-43/h7-10,12-29,35-36,46H,11,31-34H2,1-6H3/t46-,59?/m1/s1. The van der Waals surface area contributed by atoms with Gasteiger partial charge in [0.05, 0.1) is 53.1 Å². The Morgan fingerprint density at radius 1 is 0.627 bits per heavy atom. The molecule has 0 amide bonds. The van der Waals surface area contributed by atoms with Crippen molar-refractivity contribution in [2.24, 2.45) is 0 Å². The molecule has 0 heterocycles. The van der Waals surface area contributed by atoms with Gasteiger partial charge >= 0.3 is 0 Å². The summed E-state index contributed by atoms with van der Waals surface area (Å²) in [6.07, 6.45) is -0.313. The van der Waals surface area contributed by atoms with Gasteiger partial charge in [-0.25, -0.2) is 4.67 Å². The summed E-state index contributed by atoms with van der Waals surface area (Å²) < 4.78 is 40.9. The van der Waals surface area contributed by atoms with Crippen molar-refractivity contribution in [3.8, 4) is 17.6 Å². The number of benzene rings is 7. The number of nitrogens with zero attached hydrogens (tertiary/aromatic N) is 2. The fraction of sp³-hybridized carbons (Fsp3) is 0.300. The highest BCUT2D eigenvalue weighted by Crippen LogP contribution is 2.48. The second-order valence-corrected chi connectivity index (χ2v) is 16.6. The van der Waals surface area contributed by atoms with Crippen LogP contribution in [0.15, 0.2) is 133 Å². The van der Waals surface area contributed by atoms with E-state index in [4.69, 9.17) is 28.0 Å². The van der Waals surface area contributed by atoms with Gasteiger partial charge in [-0.15, -0.1) is 0 Å². The van der Waals surface area contributed by atoms with Crippen molar-refractivity contribution in [2.75, 3.05) is 34.0 Å². The van der Waals surface area contributed by atoms with Gasteiger partial charge in [-0.05, 0) is 107 Å². The normalized spacial score (nSPS) is 13.2. The molecule has 9 heteroatoms. The molecule has 0 aliphatic carbocycles. The Hall–Kier alpha value is -5.10. The zero-order valence-electron chi connectivity index (χ0n) is 34.8. The molecule has 0 N–H and O–H groups in total. The van der Waals surface area contributed by atoms with Crippen LogP contribution in [0.3, 0.4) is 0 Å². The minimum Gasteiger partial charge on any atom is -0.497 e. The van der Waals surface area contributed by atoms with Crippen molar-refractivity contribution >= 4 is 40.8 Å². The Balaban J connectivity index is 1.27. The van der Waals surface area contributed by atoms with Crippen LogP contribution in [-0.4, -0.2) is 56.9 Å². The predicted molar refractivity (Wildman–Crippen MR) is 238 cm³/mol. The third-order valence-corrected chi connectivity index (χ3v) is 12.9. The maximum absolute atomic E-state index is 9.44. The van der Waals surface area contributed by atoms with Crippen molar-refractivity contribution in [3.05, 3.63) is 156 Å². The maximum atomic E-state index is 9.44. The van der Waals surface area contributed by atoms with Gasteiger partial charge in [-0.3, -0.25) is 0 Å². The molecular formula is C50H53N2O6P. The number of ether oxygens (including phenoxy) is 4. The fourth-order valence-corrected chi connectivity index (χ4v) is 9.73. The number of rotatable bonds is 20. The summed E-state index contributed by atoms with van der Waals surface area (Å²) in [6.45, 7) is 9.54. The molecule has 0 spiro atoms. The van der Waals surface area contributed by atoms with Crippen molar-refractivity contribution in [1.29, 1.82) is 5.26 Å². The van der Waals surface area contributed by atoms with E-state index >= 15 is 0 Å². The number of methoxy groups -OCH3 is 2. The summed E-state index contributed by atoms with van der Waals surface area (Å²) in [5.41, 5.74) is 2.82. The van der Waals surface area contributed by atoms with Crippen molar-refractivity contribution in [2.45, 2.75) is 64.5 Å². The summed E-state index contributed by atoms with van der Waals surface area (Å²) in [4.78, 5) is 0. The minimum atomic E-state index is -1.62. The second kappa shape index (κ2) is 19.3. The molecule has 7 aromatic carbocycles. The van der Waals surface area contributed by atoms with E-state index in [0.717, 1.165) is 33.8 Å². The van der Waals surface area contributed by atoms with Crippen LogP contribution in [0.2, 0.25) is 0 Å². The lowest BCUT2D eigenvalue weighted by Crippen LogP contribution is -2.39. The van der Waals surface area contributed by atoms with Crippen LogP contribution in [0, 0.1) is 11.3 Å². The van der Waals surface area contributed by atoms with Gasteiger partial charge in [0.2, 0.25) is 0 Å². The van der Waals surface area contributed by atoms with Gasteiger partial charge in [0, 0.05) is 12.1 Å². The van der Waals surface area contributed by atoms with E-state index in [1.54, 1.807) is 14.2 Å². The van der Waals surface area contributed by atoms with Crippen molar-refractivity contribution in [3.63, 3.8) is 0 Å². The highest BCUT2D eigenvalue weighted by molar-refractivity contribution is 7.44. The first-order valence-electron chi connectivity index (χ1n) is 20.2. The first kappa shape index (κ1) is 42.0. The molecule has 0 aliphatic rings. The molecule has 59 heavy (non-hydrogen) atoms. The monoisotopic (exact) mass is 808 g/mol. The first-order chi connectivity index (χ1) is 28.8. The van der Waals surface area contributed by atoms with Crippen molar-refractivity contribution < 1.29 is 28.0 Å². The van der Waals surface area contributed by atoms with E-state index in [1.807, 2.05) is 66.7 Å². The van der Waals surface area contributed by atoms with E-state index in [2.05, 4.69) is 105 Å². The summed E-state index contributed by atoms with van der Waals surface area (Å²) >= 11 is 0. The van der Waals surface area contributed by atoms with E-state index in [9.17, 15) is 5.26 Å². The highest BCUT2D eigenvalue weighted by atomic mass is 31.2. The average molecular weight is 809 g/mol. The SMILES string of the molecule is COc1ccc(C(OC[C@@H](COCc2ccc3ccc4cccc5ccc2c3c45)OP(OCCC#N)N(C(C)C)C(C)C)(c2ccccc2)c2ccc(OC)cc2)cc1. The second-order valence-electron chi connectivity index (χ2n) is 15.2. The smallest absolute Gasteiger partial charge is 0.259 e. The van der Waals surface area contributed by atoms with Crippen LogP contribution >= 0.6 is 8.53 Å². The van der Waals surface area contributed by atoms with Gasteiger partial charge < -0.3 is 28.0 Å². The molecule has 0 fully saturated rings. The Morgan fingerprint density at radius 2 is 1.19 bits per heavy atom. The Morgan fingerprint density at radius 3 is 1.76 bits per heavy atom. The van der Waals surface area contributed by atoms with E-state index in [-0.39, 0.29) is 38.3 Å². The molecule has 2 atom stereocenters. The number of hydrogen-bond donors (Lipinski definition) is 0. The lowest BCUT2D eigenvalue weighted by molar-refractivity contribution is -0.0610. The summed E-state index contributed by atoms with van der Waals surface area (Å²) in [5.74, 6) is 1.49. The lowest BCUT2D eigenvalue weighted by atomic mass is 9.80. The molecule has 0 aromatic heterocycles. The summed E-state index contributed by atoms with van der Waals surface area (Å²) in [7, 11) is 1.72. The molecule has 0 saturated heterocycles. The van der Waals surface area contributed by atoms with E-state index in [0.29, 0.717) is 6.61 Å². The first-order valence-corrected chi connectivity index (χ1v) is 21.4. The topological polar surface area (TPSA) is 82.4 Å². The Kier molecular flexibility index (Phi) is 13.8. The average Bonchev–Trinajstić information content (AvgIpc) is 3.26. The van der Waals surface area contributed by atoms with Gasteiger partial charge in [0.15, 0.2) is 0 Å². The summed E-state index contributed by atoms with van der Waals surface area (Å²) in [6, 6.07) is 48.3. The molecule has 7 rings (SSSR count). The molecule has 304 valence electrons. The molecule has 7 aromatic rings. The summed E-state index contributed by atoms with van der Waals surface area (Å²) in [5, 5.41) is 16.8. The number of nitriles is 1. The van der Waals surface area contributed by atoms with Crippen LogP contribution in [0.1, 0.15) is 56.4 Å². The highest BCUT2D eigenvalue weighted by Gasteiger charge is 2.40. The van der Waals surface area contributed by atoms with Gasteiger partial charge in [0.25, 0.3) is 8.53 Å². The van der Waals surface area contributed by atoms with Crippen LogP contribution in [0.4, 0.5) is 0 Å². The van der Waals surface area contributed by atoms with Gasteiger partial charge in [0.1, 0.15) is 23.2 Å². The molecule has 8 nitrogen and oxygen atoms in total. The van der Waals surface area contributed by atoms with Crippen LogP contribution in [-0.2, 0) is 30.7 Å². The molecule has 0 radical (unpaired) electrons. The molecule has 0 aliphatic heterocycles. The Labute approximate surface area is 349 Å². The lowest BCUT2D eigenvalue weighted by Gasteiger charge is -2.39. The fourth-order valence-electron chi connectivity index (χ4n) is 8.04. The zero-order valence-corrected chi connectivity index (χ0v) is 35.7. The molecule has 0 saturated carbocycles. The van der Waals surface area contributed by atoms with Crippen LogP contribution < -0.4 is 9.47 Å². The van der Waals surface area contributed by atoms with Crippen LogP contribution in [0.25, 0.3) is 32.3 Å². The third-order valence-electron chi connectivity index (χ3n) is 10.7. The van der Waals surface area contributed by atoms with Gasteiger partial charge in [-0.2, -0.15) is 5.26 Å². The largest absolute Gasteiger partial charge is 0.497 e. The van der Waals surface area contributed by atoms with E-state index < -0.39 is 20.2 Å². The van der Waals surface area contributed by atoms with Gasteiger partial charge in [-0.1, -0.05) is 109 Å².